The molecule has 8 aromatic carbocycles. The Kier molecular flexibility index (Phi) is 62.7. The summed E-state index contributed by atoms with van der Waals surface area (Å²) in [7, 11) is 0. The minimum Gasteiger partial charge on any atom is -1.00 e. The maximum Gasteiger partial charge on any atom is 0.343 e. The summed E-state index contributed by atoms with van der Waals surface area (Å²) >= 11 is 3.04. The maximum atomic E-state index is 13.3. The molecule has 788 valence electrons. The third-order valence-electron chi connectivity index (χ3n) is 20.5. The molecular formula is C111H132IN6O27S2-. The van der Waals surface area contributed by atoms with Crippen molar-refractivity contribution < 1.29 is 153 Å². The van der Waals surface area contributed by atoms with Crippen LogP contribution in [0.2, 0.25) is 0 Å². The number of halogens is 1. The molecule has 147 heavy (non-hydrogen) atoms. The number of anilines is 2. The molecule has 0 fully saturated rings. The fourth-order valence-corrected chi connectivity index (χ4v) is 14.4. The van der Waals surface area contributed by atoms with Crippen molar-refractivity contribution in [3.63, 3.8) is 0 Å². The molecule has 2 aromatic heterocycles. The number of carbonyl (C=O) groups excluding carboxylic acids is 11. The summed E-state index contributed by atoms with van der Waals surface area (Å²) in [6, 6.07) is 47.1. The van der Waals surface area contributed by atoms with E-state index < -0.39 is 59.7 Å². The van der Waals surface area contributed by atoms with Gasteiger partial charge in [-0.15, -0.1) is 0 Å². The molecule has 0 aliphatic heterocycles. The van der Waals surface area contributed by atoms with Gasteiger partial charge in [0, 0.05) is 60.4 Å². The molecule has 0 amide bonds. The minimum absolute atomic E-state index is 0. The van der Waals surface area contributed by atoms with Crippen molar-refractivity contribution in [2.24, 2.45) is 0 Å². The van der Waals surface area contributed by atoms with E-state index in [-0.39, 0.29) is 132 Å². The number of nitrogens with one attached hydrogen (secondary N) is 1. The lowest BCUT2D eigenvalue weighted by molar-refractivity contribution is -0.138. The normalized spacial score (nSPS) is 10.2. The summed E-state index contributed by atoms with van der Waals surface area (Å²) in [6.45, 7) is 24.5. The van der Waals surface area contributed by atoms with Crippen LogP contribution in [0, 0.1) is 5.41 Å². The van der Waals surface area contributed by atoms with Crippen LogP contribution in [0.4, 0.5) is 10.3 Å². The Morgan fingerprint density at radius 3 is 0.735 bits per heavy atom. The highest BCUT2D eigenvalue weighted by Crippen LogP contribution is 2.39. The van der Waals surface area contributed by atoms with Gasteiger partial charge in [-0.3, -0.25) is 4.79 Å². The van der Waals surface area contributed by atoms with Gasteiger partial charge in [0.15, 0.2) is 39.5 Å². The van der Waals surface area contributed by atoms with E-state index in [1.54, 1.807) is 97.1 Å². The number of thiazole rings is 2. The molecule has 0 spiro atoms. The number of esters is 10. The lowest BCUT2D eigenvalue weighted by Crippen LogP contribution is -3.00. The van der Waals surface area contributed by atoms with Gasteiger partial charge in [-0.2, -0.15) is 0 Å². The third-order valence-corrected chi connectivity index (χ3v) is 22.2. The first-order chi connectivity index (χ1) is 70.0. The van der Waals surface area contributed by atoms with E-state index in [1.165, 1.54) is 46.9 Å². The van der Waals surface area contributed by atoms with Crippen LogP contribution in [-0.4, -0.2) is 161 Å². The monoisotopic (exact) mass is 2170 g/mol. The summed E-state index contributed by atoms with van der Waals surface area (Å²) in [5.41, 5.74) is 14.0. The van der Waals surface area contributed by atoms with Gasteiger partial charge in [-0.25, -0.2) is 57.9 Å². The van der Waals surface area contributed by atoms with Gasteiger partial charge in [0.25, 0.3) is 0 Å². The number of para-hydroxylation sites is 2. The zero-order chi connectivity index (χ0) is 104. The first kappa shape index (κ1) is 124. The average Bonchev–Trinajstić information content (AvgIpc) is 1.71. The zero-order valence-electron chi connectivity index (χ0n) is 82.0. The first-order valence-corrected chi connectivity index (χ1v) is 49.0. The molecule has 0 unspecified atom stereocenters. The van der Waals surface area contributed by atoms with E-state index in [2.05, 4.69) is 49.4 Å². The number of aromatic nitrogens is 2. The lowest BCUT2D eigenvalue weighted by Gasteiger charge is -2.16. The average molecular weight is 2170 g/mol. The summed E-state index contributed by atoms with van der Waals surface area (Å²) in [5.74, 6) is -3.09. The molecule has 0 atom stereocenters. The van der Waals surface area contributed by atoms with Crippen molar-refractivity contribution in [3.8, 4) is 57.5 Å². The Bertz CT molecular complexity index is 5380. The van der Waals surface area contributed by atoms with Crippen LogP contribution in [-0.2, 0) is 57.2 Å². The number of nitrogens with zero attached hydrogens (tertiary/aromatic N) is 2. The number of hydrogen-bond donors (Lipinski definition) is 4. The van der Waals surface area contributed by atoms with Gasteiger partial charge in [-0.1, -0.05) is 93.8 Å². The minimum atomic E-state index is -0.737. The van der Waals surface area contributed by atoms with Gasteiger partial charge in [0.2, 0.25) is 0 Å². The van der Waals surface area contributed by atoms with Crippen LogP contribution >= 0.6 is 22.7 Å². The van der Waals surface area contributed by atoms with E-state index in [0.717, 1.165) is 192 Å². The number of hydrogen-bond acceptors (Lipinski definition) is 35. The number of rotatable bonds is 64. The molecule has 0 saturated heterocycles. The summed E-state index contributed by atoms with van der Waals surface area (Å²) in [6.07, 6.45) is 27.1. The molecule has 0 bridgehead atoms. The molecule has 0 radical (unpaired) electrons. The maximum absolute atomic E-state index is 13.3. The van der Waals surface area contributed by atoms with Crippen LogP contribution in [0.5, 0.6) is 57.5 Å². The van der Waals surface area contributed by atoms with Crippen LogP contribution in [0.25, 0.3) is 20.4 Å². The third kappa shape index (κ3) is 50.0. The second-order valence-corrected chi connectivity index (χ2v) is 33.6. The fraction of sp³-hybridized carbons (Fsp3) is 0.333. The standard InChI is InChI=1S/C48H57NO13.C48H56O14.2C7H6N2S.CH4.HI.H3N/c2*1-4-44(50)58-30-16-10-7-13-27-55-39-23-19-36(20-24-39)47(53)61-41-34-42(57-29-15-9-12-18-32-60-46(52)6-3)43(33-38(41)35-49)62-48(54)37-21-25-40(26-22-37)56-28-14-8-11-17-31-59-45(51)5-2;2*8-7-9-5-3-1-2-4-6(5)10-7;;;/h4-6,19-26,33-35,49H,1-3,7-18,27-32H2;4-6,19-26,33-35H,1-3,7-18,27-32H2;2*1-4H,(H2,8,9);1H4;1H;1H3/p-1. The molecule has 33 nitrogen and oxygen atoms in total. The predicted molar refractivity (Wildman–Crippen MR) is 562 cm³/mol. The second-order valence-electron chi connectivity index (χ2n) is 31.4. The van der Waals surface area contributed by atoms with Crippen LogP contribution in [0.1, 0.15) is 219 Å². The molecule has 8 N–H and O–H groups in total. The Morgan fingerprint density at radius 2 is 0.503 bits per heavy atom. The smallest absolute Gasteiger partial charge is 0.343 e. The van der Waals surface area contributed by atoms with Gasteiger partial charge < -0.3 is 123 Å². The molecule has 0 aliphatic rings. The predicted octanol–water partition coefficient (Wildman–Crippen LogP) is 19.6. The summed E-state index contributed by atoms with van der Waals surface area (Å²) in [5, 5.41) is 9.34. The number of fused-ring (bicyclic) bond motifs is 2. The summed E-state index contributed by atoms with van der Waals surface area (Å²) in [4.78, 5) is 141. The van der Waals surface area contributed by atoms with E-state index in [9.17, 15) is 52.7 Å². The quantitative estimate of drug-likeness (QED) is 0.00402. The molecular weight excluding hydrogens is 2040 g/mol. The van der Waals surface area contributed by atoms with Gasteiger partial charge >= 0.3 is 59.7 Å². The molecule has 0 aliphatic carbocycles. The second kappa shape index (κ2) is 74.1. The molecule has 0 saturated carbocycles. The van der Waals surface area contributed by atoms with Gasteiger partial charge in [0.1, 0.15) is 34.5 Å². The first-order valence-electron chi connectivity index (χ1n) is 47.4. The number of unbranched alkanes of at least 4 members (excludes halogenated alkanes) is 18. The number of benzene rings is 8. The van der Waals surface area contributed by atoms with Crippen molar-refractivity contribution in [1.29, 1.82) is 5.41 Å². The van der Waals surface area contributed by atoms with E-state index in [1.807, 2.05) is 48.5 Å². The van der Waals surface area contributed by atoms with Crippen molar-refractivity contribution in [2.45, 2.75) is 162 Å². The van der Waals surface area contributed by atoms with Gasteiger partial charge in [-0.05, 0) is 288 Å². The Balaban J connectivity index is 0.000000500. The molecule has 2 heterocycles. The van der Waals surface area contributed by atoms with E-state index >= 15 is 0 Å². The lowest BCUT2D eigenvalue weighted by atomic mass is 10.1. The van der Waals surface area contributed by atoms with Crippen molar-refractivity contribution in [2.75, 3.05) is 90.7 Å². The molecule has 10 aromatic rings. The van der Waals surface area contributed by atoms with Crippen molar-refractivity contribution in [3.05, 3.63) is 279 Å². The number of nitrogen functional groups attached to an aromatic ring is 2. The van der Waals surface area contributed by atoms with Crippen molar-refractivity contribution in [1.82, 2.24) is 16.1 Å². The van der Waals surface area contributed by atoms with Crippen molar-refractivity contribution >= 4 is 126 Å². The SMILES string of the molecule is C.C=CC(=O)OCCCCCCOc1ccc(C(=O)Oc2cc(OCCCCCCOC(=O)C=C)c(OC(=O)c3ccc(OCCCCCCOC(=O)C=C)cc3)cc2C=N)cc1.C=CC(=O)OCCCCCCOc1ccc(C(=O)Oc2cc(OCCCCCCOC(=O)C=C)c(OC(=O)c3ccc(OCCCCCCOC(=O)C=C)cc3)cc2C=O)cc1.N.Nc1nc2ccccc2s1.Nc1nc2ccccc2s1.[I-]. The van der Waals surface area contributed by atoms with E-state index in [0.29, 0.717) is 118 Å². The number of aldehydes is 1. The van der Waals surface area contributed by atoms with Gasteiger partial charge in [0.05, 0.1) is 128 Å². The number of nitrogens with two attached hydrogens (primary N) is 2. The topological polar surface area (TPSA) is 472 Å². The number of ether oxygens (including phenoxy) is 16. The highest BCUT2D eigenvalue weighted by molar-refractivity contribution is 7.22. The Labute approximate surface area is 882 Å². The Morgan fingerprint density at radius 1 is 0.286 bits per heavy atom. The van der Waals surface area contributed by atoms with Crippen LogP contribution < -0.4 is 89.0 Å². The summed E-state index contributed by atoms with van der Waals surface area (Å²) < 4.78 is 90.4. The fourth-order valence-electron chi connectivity index (χ4n) is 12.9. The van der Waals surface area contributed by atoms with E-state index in [4.69, 9.17) is 92.7 Å². The highest BCUT2D eigenvalue weighted by Gasteiger charge is 2.24. The largest absolute Gasteiger partial charge is 1.00 e. The zero-order valence-corrected chi connectivity index (χ0v) is 85.7. The molecule has 10 rings (SSSR count). The number of carbonyl (C=O) groups is 11. The van der Waals surface area contributed by atoms with Crippen LogP contribution in [0.15, 0.2) is 246 Å². The van der Waals surface area contributed by atoms with Crippen LogP contribution in [0.3, 0.4) is 0 Å². The Hall–Kier alpha value is -14.9. The highest BCUT2D eigenvalue weighted by atomic mass is 127. The molecule has 36 heteroatoms.